The van der Waals surface area contributed by atoms with Crippen molar-refractivity contribution in [1.29, 1.82) is 0 Å². The Bertz CT molecular complexity index is 989. The molecule has 0 saturated carbocycles. The summed E-state index contributed by atoms with van der Waals surface area (Å²) >= 11 is 6.18. The fourth-order valence-corrected chi connectivity index (χ4v) is 3.64. The SMILES string of the molecule is COc1ncc(C(C)Cc2nc(N[C@@H](CO)CC(C)C)nc(NS(C)(=O)=O)n2)cc1Cl. The van der Waals surface area contributed by atoms with E-state index in [1.165, 1.54) is 7.11 Å². The van der Waals surface area contributed by atoms with Crippen molar-refractivity contribution in [3.63, 3.8) is 0 Å². The molecule has 0 radical (unpaired) electrons. The zero-order chi connectivity index (χ0) is 23.2. The Morgan fingerprint density at radius 1 is 1.19 bits per heavy atom. The molecule has 0 amide bonds. The number of pyridine rings is 1. The van der Waals surface area contributed by atoms with Crippen molar-refractivity contribution in [2.45, 2.75) is 45.6 Å². The second-order valence-electron chi connectivity index (χ2n) is 7.79. The van der Waals surface area contributed by atoms with E-state index in [2.05, 4.69) is 30.0 Å². The molecule has 0 saturated heterocycles. The third-order valence-electron chi connectivity index (χ3n) is 4.35. The van der Waals surface area contributed by atoms with Crippen LogP contribution in [0.5, 0.6) is 5.88 Å². The van der Waals surface area contributed by atoms with E-state index < -0.39 is 10.0 Å². The Morgan fingerprint density at radius 3 is 2.42 bits per heavy atom. The smallest absolute Gasteiger partial charge is 0.241 e. The zero-order valence-electron chi connectivity index (χ0n) is 18.3. The van der Waals surface area contributed by atoms with Crippen molar-refractivity contribution in [3.8, 4) is 5.88 Å². The Kier molecular flexibility index (Phi) is 8.78. The molecular weight excluding hydrogens is 444 g/mol. The van der Waals surface area contributed by atoms with E-state index in [9.17, 15) is 13.5 Å². The van der Waals surface area contributed by atoms with Crippen molar-refractivity contribution in [2.24, 2.45) is 5.92 Å². The van der Waals surface area contributed by atoms with Crippen molar-refractivity contribution in [2.75, 3.05) is 30.0 Å². The molecule has 2 heterocycles. The molecule has 0 aliphatic carbocycles. The second kappa shape index (κ2) is 10.9. The molecule has 0 aliphatic rings. The van der Waals surface area contributed by atoms with E-state index in [4.69, 9.17) is 16.3 Å². The second-order valence-corrected chi connectivity index (χ2v) is 9.95. The van der Waals surface area contributed by atoms with Gasteiger partial charge in [-0.15, -0.1) is 0 Å². The standard InChI is InChI=1S/C19H29ClN6O4S/c1-11(2)6-14(10-27)22-18-23-16(24-19(25-18)26-31(5,28)29)7-12(3)13-8-15(20)17(30-4)21-9-13/h8-9,11-12,14,27H,6-7,10H2,1-5H3,(H2,22,23,24,25,26)/t12?,14-/m1/s1. The van der Waals surface area contributed by atoms with E-state index in [0.717, 1.165) is 11.8 Å². The molecule has 10 nitrogen and oxygen atoms in total. The number of aromatic nitrogens is 4. The highest BCUT2D eigenvalue weighted by atomic mass is 35.5. The number of halogens is 1. The highest BCUT2D eigenvalue weighted by molar-refractivity contribution is 7.91. The molecule has 0 aromatic carbocycles. The monoisotopic (exact) mass is 472 g/mol. The van der Waals surface area contributed by atoms with Gasteiger partial charge in [0.25, 0.3) is 0 Å². The first-order valence-electron chi connectivity index (χ1n) is 9.80. The molecule has 0 spiro atoms. The van der Waals surface area contributed by atoms with Gasteiger partial charge in [0.05, 0.1) is 26.0 Å². The normalized spacial score (nSPS) is 13.7. The molecule has 12 heteroatoms. The van der Waals surface area contributed by atoms with Gasteiger partial charge >= 0.3 is 0 Å². The summed E-state index contributed by atoms with van der Waals surface area (Å²) in [4.78, 5) is 17.0. The predicted molar refractivity (Wildman–Crippen MR) is 120 cm³/mol. The van der Waals surface area contributed by atoms with E-state index in [1.807, 2.05) is 20.8 Å². The maximum Gasteiger partial charge on any atom is 0.241 e. The van der Waals surface area contributed by atoms with Crippen LogP contribution in [-0.4, -0.2) is 59.5 Å². The highest BCUT2D eigenvalue weighted by Gasteiger charge is 2.18. The van der Waals surface area contributed by atoms with Gasteiger partial charge in [-0.1, -0.05) is 32.4 Å². The number of nitrogens with one attached hydrogen (secondary N) is 2. The summed E-state index contributed by atoms with van der Waals surface area (Å²) in [6.07, 6.45) is 3.76. The molecule has 2 aromatic rings. The van der Waals surface area contributed by atoms with Gasteiger partial charge < -0.3 is 15.2 Å². The molecule has 2 rings (SSSR count). The summed E-state index contributed by atoms with van der Waals surface area (Å²) in [5, 5.41) is 13.1. The summed E-state index contributed by atoms with van der Waals surface area (Å²) in [6.45, 7) is 5.92. The summed E-state index contributed by atoms with van der Waals surface area (Å²) in [6, 6.07) is 1.49. The van der Waals surface area contributed by atoms with Gasteiger partial charge in [0.1, 0.15) is 10.8 Å². The molecule has 0 bridgehead atoms. The topological polar surface area (TPSA) is 139 Å². The Morgan fingerprint density at radius 2 is 1.87 bits per heavy atom. The van der Waals surface area contributed by atoms with Gasteiger partial charge in [0, 0.05) is 12.6 Å². The molecule has 2 aromatic heterocycles. The Balaban J connectivity index is 2.31. The van der Waals surface area contributed by atoms with Crippen molar-refractivity contribution in [3.05, 3.63) is 28.7 Å². The van der Waals surface area contributed by atoms with Crippen LogP contribution in [-0.2, 0) is 16.4 Å². The van der Waals surface area contributed by atoms with Gasteiger partial charge in [0.2, 0.25) is 27.8 Å². The summed E-state index contributed by atoms with van der Waals surface area (Å²) < 4.78 is 30.7. The lowest BCUT2D eigenvalue weighted by Crippen LogP contribution is -2.27. The molecule has 31 heavy (non-hydrogen) atoms. The molecule has 0 aliphatic heterocycles. The van der Waals surface area contributed by atoms with E-state index in [1.54, 1.807) is 12.3 Å². The number of methoxy groups -OCH3 is 1. The number of rotatable bonds is 11. The summed E-state index contributed by atoms with van der Waals surface area (Å²) in [7, 11) is -2.09. The minimum Gasteiger partial charge on any atom is -0.480 e. The van der Waals surface area contributed by atoms with Crippen LogP contribution in [0.15, 0.2) is 12.3 Å². The number of hydrogen-bond donors (Lipinski definition) is 3. The van der Waals surface area contributed by atoms with E-state index >= 15 is 0 Å². The van der Waals surface area contributed by atoms with Crippen LogP contribution >= 0.6 is 11.6 Å². The summed E-state index contributed by atoms with van der Waals surface area (Å²) in [5.74, 6) is 1.09. The average molecular weight is 473 g/mol. The first-order valence-corrected chi connectivity index (χ1v) is 12.1. The predicted octanol–water partition coefficient (Wildman–Crippen LogP) is 2.47. The number of anilines is 2. The number of aliphatic hydroxyl groups excluding tert-OH is 1. The maximum absolute atomic E-state index is 11.7. The van der Waals surface area contributed by atoms with Crippen LogP contribution in [0.25, 0.3) is 0 Å². The Hall–Kier alpha value is -2.24. The maximum atomic E-state index is 11.7. The van der Waals surface area contributed by atoms with E-state index in [0.29, 0.717) is 35.5 Å². The Labute approximate surface area is 187 Å². The van der Waals surface area contributed by atoms with Gasteiger partial charge in [-0.05, 0) is 29.9 Å². The first-order chi connectivity index (χ1) is 14.5. The molecule has 2 atom stereocenters. The lowest BCUT2D eigenvalue weighted by Gasteiger charge is -2.19. The zero-order valence-corrected chi connectivity index (χ0v) is 19.8. The minimum absolute atomic E-state index is 0.0680. The van der Waals surface area contributed by atoms with Gasteiger partial charge in [-0.2, -0.15) is 15.0 Å². The van der Waals surface area contributed by atoms with Gasteiger partial charge in [0.15, 0.2) is 0 Å². The van der Waals surface area contributed by atoms with Crippen LogP contribution in [0.1, 0.15) is 44.5 Å². The van der Waals surface area contributed by atoms with Crippen LogP contribution in [0.3, 0.4) is 0 Å². The fraction of sp³-hybridized carbons (Fsp3) is 0.579. The van der Waals surface area contributed by atoms with Crippen LogP contribution < -0.4 is 14.8 Å². The summed E-state index contributed by atoms with van der Waals surface area (Å²) in [5.41, 5.74) is 0.853. The average Bonchev–Trinajstić information content (AvgIpc) is 2.65. The number of ether oxygens (including phenoxy) is 1. The number of hydrogen-bond acceptors (Lipinski definition) is 9. The fourth-order valence-electron chi connectivity index (χ4n) is 2.97. The molecule has 1 unspecified atom stereocenters. The van der Waals surface area contributed by atoms with Crippen LogP contribution in [0, 0.1) is 5.92 Å². The molecule has 0 fully saturated rings. The highest BCUT2D eigenvalue weighted by Crippen LogP contribution is 2.27. The molecule has 172 valence electrons. The minimum atomic E-state index is -3.58. The quantitative estimate of drug-likeness (QED) is 0.449. The molecule has 3 N–H and O–H groups in total. The number of aliphatic hydroxyl groups is 1. The van der Waals surface area contributed by atoms with Gasteiger partial charge in [-0.25, -0.2) is 13.4 Å². The van der Waals surface area contributed by atoms with Crippen molar-refractivity contribution >= 4 is 33.5 Å². The third-order valence-corrected chi connectivity index (χ3v) is 5.17. The lowest BCUT2D eigenvalue weighted by atomic mass is 9.99. The van der Waals surface area contributed by atoms with Crippen LogP contribution in [0.2, 0.25) is 5.02 Å². The third kappa shape index (κ3) is 8.08. The molecular formula is C19H29ClN6O4S. The van der Waals surface area contributed by atoms with Crippen LogP contribution in [0.4, 0.5) is 11.9 Å². The van der Waals surface area contributed by atoms with E-state index in [-0.39, 0.29) is 30.5 Å². The number of nitrogens with zero attached hydrogens (tertiary/aromatic N) is 4. The number of sulfonamides is 1. The first kappa shape index (κ1) is 25.0. The van der Waals surface area contributed by atoms with Gasteiger partial charge in [-0.3, -0.25) is 4.72 Å². The lowest BCUT2D eigenvalue weighted by molar-refractivity contribution is 0.259. The van der Waals surface area contributed by atoms with Crippen molar-refractivity contribution in [1.82, 2.24) is 19.9 Å². The largest absolute Gasteiger partial charge is 0.480 e. The van der Waals surface area contributed by atoms with Crippen molar-refractivity contribution < 1.29 is 18.3 Å².